The van der Waals surface area contributed by atoms with E-state index < -0.39 is 12.0 Å². The fourth-order valence-corrected chi connectivity index (χ4v) is 6.02. The Bertz CT molecular complexity index is 697. The van der Waals surface area contributed by atoms with E-state index in [1.807, 2.05) is 6.07 Å². The Morgan fingerprint density at radius 3 is 2.37 bits per heavy atom. The molecule has 1 heterocycles. The summed E-state index contributed by atoms with van der Waals surface area (Å²) in [5, 5.41) is 3.03. The number of rotatable bonds is 6. The first-order valence-corrected chi connectivity index (χ1v) is 9.89. The molecule has 4 aliphatic carbocycles. The number of methoxy groups -OCH3 is 2. The summed E-state index contributed by atoms with van der Waals surface area (Å²) in [5.41, 5.74) is 0.487. The number of esters is 1. The van der Waals surface area contributed by atoms with Crippen LogP contribution < -0.4 is 10.1 Å². The zero-order chi connectivity index (χ0) is 19.0. The van der Waals surface area contributed by atoms with Crippen molar-refractivity contribution >= 4 is 11.9 Å². The first-order valence-electron chi connectivity index (χ1n) is 9.89. The molecule has 0 aliphatic heterocycles. The Morgan fingerprint density at radius 1 is 1.19 bits per heavy atom. The number of aromatic nitrogens is 1. The Kier molecular flexibility index (Phi) is 4.82. The van der Waals surface area contributed by atoms with Gasteiger partial charge in [-0.15, -0.1) is 0 Å². The standard InChI is InChI=1S/C21H28N2O4/c1-26-18-16(4-3-5-22-18)9-17(19(24)27-2)23-20(25)21-10-13-6-14(11-21)8-15(7-13)12-21/h3-5,13-15,17H,6-12H2,1-2H3,(H,23,25)/t13?,14?,15?,17-,21?/m1/s1. The molecule has 0 unspecified atom stereocenters. The second kappa shape index (κ2) is 7.13. The summed E-state index contributed by atoms with van der Waals surface area (Å²) in [7, 11) is 2.90. The molecule has 0 saturated heterocycles. The lowest BCUT2D eigenvalue weighted by molar-refractivity contribution is -0.152. The van der Waals surface area contributed by atoms with Crippen LogP contribution in [0.4, 0.5) is 0 Å². The molecular formula is C21H28N2O4. The van der Waals surface area contributed by atoms with Gasteiger partial charge in [0.2, 0.25) is 11.8 Å². The molecule has 1 aromatic heterocycles. The van der Waals surface area contributed by atoms with Crippen LogP contribution in [0.2, 0.25) is 0 Å². The van der Waals surface area contributed by atoms with Gasteiger partial charge in [-0.3, -0.25) is 4.79 Å². The van der Waals surface area contributed by atoms with E-state index in [1.165, 1.54) is 26.4 Å². The zero-order valence-electron chi connectivity index (χ0n) is 16.1. The van der Waals surface area contributed by atoms with Crippen molar-refractivity contribution in [3.63, 3.8) is 0 Å². The summed E-state index contributed by atoms with van der Waals surface area (Å²) in [4.78, 5) is 29.9. The van der Waals surface area contributed by atoms with Gasteiger partial charge in [0.05, 0.1) is 14.2 Å². The number of amides is 1. The van der Waals surface area contributed by atoms with Crippen LogP contribution in [0, 0.1) is 23.2 Å². The summed E-state index contributed by atoms with van der Waals surface area (Å²) < 4.78 is 10.3. The number of pyridine rings is 1. The molecule has 4 saturated carbocycles. The van der Waals surface area contributed by atoms with Crippen LogP contribution in [0.3, 0.4) is 0 Å². The van der Waals surface area contributed by atoms with Gasteiger partial charge >= 0.3 is 5.97 Å². The molecule has 1 aromatic rings. The SMILES string of the molecule is COC(=O)[C@@H](Cc1cccnc1OC)NC(=O)C12CC3CC(CC(C3)C1)C2. The van der Waals surface area contributed by atoms with E-state index >= 15 is 0 Å². The number of nitrogens with zero attached hydrogens (tertiary/aromatic N) is 1. The Morgan fingerprint density at radius 2 is 1.81 bits per heavy atom. The van der Waals surface area contributed by atoms with Gasteiger partial charge in [0.1, 0.15) is 6.04 Å². The molecule has 4 fully saturated rings. The van der Waals surface area contributed by atoms with Gasteiger partial charge < -0.3 is 14.8 Å². The summed E-state index contributed by atoms with van der Waals surface area (Å²) in [6.07, 6.45) is 8.68. The topological polar surface area (TPSA) is 77.5 Å². The average molecular weight is 372 g/mol. The van der Waals surface area contributed by atoms with E-state index in [0.717, 1.165) is 24.8 Å². The molecule has 0 aromatic carbocycles. The minimum Gasteiger partial charge on any atom is -0.481 e. The molecule has 5 rings (SSSR count). The third-order valence-corrected chi connectivity index (χ3v) is 6.78. The van der Waals surface area contributed by atoms with Crippen LogP contribution in [0.1, 0.15) is 44.1 Å². The van der Waals surface area contributed by atoms with Crippen LogP contribution in [-0.2, 0) is 20.7 Å². The Hall–Kier alpha value is -2.11. The molecular weight excluding hydrogens is 344 g/mol. The molecule has 0 radical (unpaired) electrons. The van der Waals surface area contributed by atoms with Crippen LogP contribution in [-0.4, -0.2) is 37.1 Å². The molecule has 4 aliphatic rings. The molecule has 1 N–H and O–H groups in total. The predicted molar refractivity (Wildman–Crippen MR) is 99.0 cm³/mol. The normalized spacial score (nSPS) is 32.0. The summed E-state index contributed by atoms with van der Waals surface area (Å²) in [6.45, 7) is 0. The van der Waals surface area contributed by atoms with Crippen molar-refractivity contribution in [3.8, 4) is 5.88 Å². The maximum absolute atomic E-state index is 13.3. The Balaban J connectivity index is 1.52. The molecule has 4 bridgehead atoms. The highest BCUT2D eigenvalue weighted by molar-refractivity contribution is 5.88. The average Bonchev–Trinajstić information content (AvgIpc) is 2.66. The molecule has 27 heavy (non-hydrogen) atoms. The highest BCUT2D eigenvalue weighted by Crippen LogP contribution is 2.60. The Labute approximate surface area is 160 Å². The van der Waals surface area contributed by atoms with Gasteiger partial charge in [0, 0.05) is 23.6 Å². The van der Waals surface area contributed by atoms with E-state index in [9.17, 15) is 9.59 Å². The highest BCUT2D eigenvalue weighted by Gasteiger charge is 2.55. The number of nitrogens with one attached hydrogen (secondary N) is 1. The monoisotopic (exact) mass is 372 g/mol. The van der Waals surface area contributed by atoms with Gasteiger partial charge in [0.15, 0.2) is 0 Å². The largest absolute Gasteiger partial charge is 0.481 e. The van der Waals surface area contributed by atoms with Crippen molar-refractivity contribution in [2.75, 3.05) is 14.2 Å². The third kappa shape index (κ3) is 3.42. The lowest BCUT2D eigenvalue weighted by Crippen LogP contribution is -2.56. The number of carbonyl (C=O) groups excluding carboxylic acids is 2. The van der Waals surface area contributed by atoms with Crippen molar-refractivity contribution in [1.82, 2.24) is 10.3 Å². The number of hydrogen-bond acceptors (Lipinski definition) is 5. The summed E-state index contributed by atoms with van der Waals surface area (Å²) in [5.74, 6) is 2.10. The first kappa shape index (κ1) is 18.3. The van der Waals surface area contributed by atoms with Gasteiger partial charge in [-0.1, -0.05) is 6.07 Å². The second-order valence-corrected chi connectivity index (χ2v) is 8.62. The van der Waals surface area contributed by atoms with Crippen LogP contribution in [0.15, 0.2) is 18.3 Å². The van der Waals surface area contributed by atoms with Gasteiger partial charge in [-0.2, -0.15) is 0 Å². The first-order chi connectivity index (χ1) is 13.0. The molecule has 6 heteroatoms. The minimum absolute atomic E-state index is 0.0276. The van der Waals surface area contributed by atoms with Gasteiger partial charge in [-0.25, -0.2) is 9.78 Å². The van der Waals surface area contributed by atoms with E-state index in [-0.39, 0.29) is 11.3 Å². The maximum Gasteiger partial charge on any atom is 0.328 e. The molecule has 1 amide bonds. The van der Waals surface area contributed by atoms with E-state index in [4.69, 9.17) is 9.47 Å². The lowest BCUT2D eigenvalue weighted by atomic mass is 9.49. The van der Waals surface area contributed by atoms with Crippen molar-refractivity contribution < 1.29 is 19.1 Å². The highest BCUT2D eigenvalue weighted by atomic mass is 16.5. The smallest absolute Gasteiger partial charge is 0.328 e. The van der Waals surface area contributed by atoms with E-state index in [0.29, 0.717) is 30.1 Å². The van der Waals surface area contributed by atoms with Crippen LogP contribution in [0.5, 0.6) is 5.88 Å². The zero-order valence-corrected chi connectivity index (χ0v) is 16.1. The van der Waals surface area contributed by atoms with Gasteiger partial charge in [0.25, 0.3) is 0 Å². The van der Waals surface area contributed by atoms with E-state index in [1.54, 1.807) is 19.4 Å². The molecule has 1 atom stereocenters. The fourth-order valence-electron chi connectivity index (χ4n) is 6.02. The summed E-state index contributed by atoms with van der Waals surface area (Å²) >= 11 is 0. The number of ether oxygens (including phenoxy) is 2. The maximum atomic E-state index is 13.3. The van der Waals surface area contributed by atoms with Crippen molar-refractivity contribution in [2.45, 2.75) is 51.0 Å². The van der Waals surface area contributed by atoms with Gasteiger partial charge in [-0.05, 0) is 62.3 Å². The van der Waals surface area contributed by atoms with Crippen molar-refractivity contribution in [2.24, 2.45) is 23.2 Å². The van der Waals surface area contributed by atoms with Crippen molar-refractivity contribution in [1.29, 1.82) is 0 Å². The summed E-state index contributed by atoms with van der Waals surface area (Å²) in [6, 6.07) is 2.93. The molecule has 6 nitrogen and oxygen atoms in total. The number of carbonyl (C=O) groups is 2. The van der Waals surface area contributed by atoms with Crippen molar-refractivity contribution in [3.05, 3.63) is 23.9 Å². The fraction of sp³-hybridized carbons (Fsp3) is 0.667. The quantitative estimate of drug-likeness (QED) is 0.777. The molecule has 146 valence electrons. The number of hydrogen-bond donors (Lipinski definition) is 1. The van der Waals surface area contributed by atoms with E-state index in [2.05, 4.69) is 10.3 Å². The predicted octanol–water partition coefficient (Wildman–Crippen LogP) is 2.51. The molecule has 0 spiro atoms. The third-order valence-electron chi connectivity index (χ3n) is 6.78. The minimum atomic E-state index is -0.728. The van der Waals surface area contributed by atoms with Crippen LogP contribution in [0.25, 0.3) is 0 Å². The lowest BCUT2D eigenvalue weighted by Gasteiger charge is -2.55. The second-order valence-electron chi connectivity index (χ2n) is 8.62. The van der Waals surface area contributed by atoms with Crippen LogP contribution >= 0.6 is 0 Å².